The molecular formula is C70H117NO20S. The summed E-state index contributed by atoms with van der Waals surface area (Å²) in [5.74, 6) is -3.83. The summed E-state index contributed by atoms with van der Waals surface area (Å²) in [5, 5.41) is 56.2. The topological polar surface area (TPSA) is 301 Å². The van der Waals surface area contributed by atoms with Crippen LogP contribution in [0.1, 0.15) is 229 Å². The maximum atomic E-state index is 14.2. The number of ether oxygens (including phenoxy) is 7. The number of nitrogens with zero attached hydrogens (tertiary/aromatic N) is 1. The number of ketones is 2. The van der Waals surface area contributed by atoms with Crippen LogP contribution in [0.25, 0.3) is 0 Å². The van der Waals surface area contributed by atoms with Gasteiger partial charge in [0.1, 0.15) is 35.1 Å². The largest absolute Gasteiger partial charge is 0.508 e. The van der Waals surface area contributed by atoms with Gasteiger partial charge in [0.15, 0.2) is 18.7 Å². The van der Waals surface area contributed by atoms with Gasteiger partial charge < -0.3 is 63.6 Å². The van der Waals surface area contributed by atoms with Gasteiger partial charge in [0.2, 0.25) is 0 Å². The molecule has 3 heterocycles. The first kappa shape index (κ1) is 79.2. The fourth-order valence-corrected chi connectivity index (χ4v) is 15.6. The number of esters is 2. The molecule has 6 N–H and O–H groups in total. The van der Waals surface area contributed by atoms with E-state index in [0.717, 1.165) is 44.9 Å². The van der Waals surface area contributed by atoms with Crippen LogP contribution in [0.5, 0.6) is 5.75 Å². The highest BCUT2D eigenvalue weighted by atomic mass is 32.3. The number of phenolic OH excluding ortho intramolecular Hbond substituents is 1. The van der Waals surface area contributed by atoms with Crippen molar-refractivity contribution >= 4 is 33.9 Å². The van der Waals surface area contributed by atoms with Crippen molar-refractivity contribution < 1.29 is 95.0 Å². The highest BCUT2D eigenvalue weighted by Crippen LogP contribution is 2.58. The second-order valence-corrected chi connectivity index (χ2v) is 29.6. The molecule has 5 fully saturated rings. The Balaban J connectivity index is 0.000000332. The van der Waals surface area contributed by atoms with Crippen molar-refractivity contribution in [2.45, 2.75) is 309 Å². The number of unbranched alkanes of at least 4 members (excludes halogenated alkanes) is 9. The van der Waals surface area contributed by atoms with Crippen LogP contribution >= 0.6 is 0 Å². The number of hydrogen-bond acceptors (Lipinski definition) is 20. The van der Waals surface area contributed by atoms with E-state index in [1.807, 2.05) is 32.0 Å². The summed E-state index contributed by atoms with van der Waals surface area (Å²) in [6.07, 6.45) is 9.29. The van der Waals surface area contributed by atoms with Gasteiger partial charge in [-0.05, 0) is 136 Å². The predicted octanol–water partition coefficient (Wildman–Crippen LogP) is 10.2. The predicted molar refractivity (Wildman–Crippen MR) is 347 cm³/mol. The number of benzene rings is 1. The number of allylic oxidation sites excluding steroid dienone is 2. The molecule has 21 atom stereocenters. The van der Waals surface area contributed by atoms with Gasteiger partial charge in [-0.2, -0.15) is 8.42 Å². The quantitative estimate of drug-likeness (QED) is 0.0288. The lowest BCUT2D eigenvalue weighted by Gasteiger charge is -2.49. The standard InChI is InChI=1S/C40H71NO14.C18H20O2.C12H26O4S/c1-15-27-40(11,48)33(44)22(5)30(43)20(3)18-38(9,47)35(55-37-32(53-28(42)16-2)26(41(12)13)17-21(4)50-37)23(6)31(24(7)36(46)52-27)54-29-19-39(10,49-14)34(45)25(8)51-29;1-18-9-8-14-13-5-3-12(19)10-11(13)2-4-15(14)16(18)6-7-17(18)20;1-2-3-4-5-6-7-8-9-10-11-12-16-17(13,14)15/h20-27,29,31-35,37,44-45,47-48H,15-19H2,1-14H3;3-5,10,14,16,19H,2,6-9H2,1H3;2-12H2,1H3,(H,13,14,15). The average Bonchev–Trinajstić information content (AvgIpc) is 1.46. The number of carbonyl (C=O) groups is 4. The molecule has 21 unspecified atom stereocenters. The summed E-state index contributed by atoms with van der Waals surface area (Å²) in [6, 6.07) is 5.47. The second-order valence-electron chi connectivity index (χ2n) is 28.5. The van der Waals surface area contributed by atoms with Gasteiger partial charge in [-0.15, -0.1) is 0 Å². The van der Waals surface area contributed by atoms with E-state index in [0.29, 0.717) is 36.2 Å². The van der Waals surface area contributed by atoms with Crippen molar-refractivity contribution in [1.29, 1.82) is 0 Å². The van der Waals surface area contributed by atoms with E-state index in [1.165, 1.54) is 89.5 Å². The molecule has 0 bridgehead atoms. The molecule has 3 saturated heterocycles. The van der Waals surface area contributed by atoms with Crippen molar-refractivity contribution in [2.75, 3.05) is 27.8 Å². The summed E-state index contributed by atoms with van der Waals surface area (Å²) in [7, 11) is 0.973. The summed E-state index contributed by atoms with van der Waals surface area (Å²) in [6.45, 7) is 22.5. The first-order chi connectivity index (χ1) is 43.0. The smallest absolute Gasteiger partial charge is 0.397 e. The molecule has 3 aliphatic heterocycles. The number of methoxy groups -OCH3 is 1. The summed E-state index contributed by atoms with van der Waals surface area (Å²) < 4.78 is 76.6. The van der Waals surface area contributed by atoms with Crippen molar-refractivity contribution in [3.05, 3.63) is 41.0 Å². The molecule has 22 heteroatoms. The molecule has 528 valence electrons. The Hall–Kier alpha value is -3.49. The number of fused-ring (bicyclic) bond motifs is 5. The summed E-state index contributed by atoms with van der Waals surface area (Å²) >= 11 is 0. The van der Waals surface area contributed by atoms with Crippen LogP contribution in [-0.2, 0) is 73.3 Å². The van der Waals surface area contributed by atoms with Crippen LogP contribution in [-0.4, -0.2) is 179 Å². The van der Waals surface area contributed by atoms with Crippen LogP contribution in [0.2, 0.25) is 0 Å². The molecule has 21 nitrogen and oxygen atoms in total. The number of phenols is 1. The maximum Gasteiger partial charge on any atom is 0.397 e. The monoisotopic (exact) mass is 1320 g/mol. The van der Waals surface area contributed by atoms with Gasteiger partial charge in [0, 0.05) is 55.5 Å². The third kappa shape index (κ3) is 20.3. The van der Waals surface area contributed by atoms with Crippen molar-refractivity contribution in [3.8, 4) is 5.75 Å². The van der Waals surface area contributed by atoms with Crippen LogP contribution in [0.15, 0.2) is 29.8 Å². The van der Waals surface area contributed by atoms with Gasteiger partial charge in [-0.1, -0.05) is 124 Å². The molecule has 0 amide bonds. The van der Waals surface area contributed by atoms with Crippen molar-refractivity contribution in [2.24, 2.45) is 35.0 Å². The Labute approximate surface area is 549 Å². The molecule has 92 heavy (non-hydrogen) atoms. The zero-order valence-corrected chi connectivity index (χ0v) is 59.0. The van der Waals surface area contributed by atoms with Gasteiger partial charge in [-0.3, -0.25) is 23.7 Å². The zero-order valence-electron chi connectivity index (χ0n) is 58.2. The fraction of sp³-hybridized carbons (Fsp3) is 0.829. The van der Waals surface area contributed by atoms with Crippen molar-refractivity contribution in [3.63, 3.8) is 0 Å². The summed E-state index contributed by atoms with van der Waals surface area (Å²) in [4.78, 5) is 55.1. The first-order valence-electron chi connectivity index (χ1n) is 34.3. The molecular weight excluding hydrogens is 1210 g/mol. The molecule has 3 aliphatic carbocycles. The lowest BCUT2D eigenvalue weighted by molar-refractivity contribution is -0.319. The first-order valence-corrected chi connectivity index (χ1v) is 35.6. The van der Waals surface area contributed by atoms with E-state index in [2.05, 4.69) is 30.2 Å². The molecule has 1 aromatic rings. The molecule has 2 saturated carbocycles. The Morgan fingerprint density at radius 2 is 1.43 bits per heavy atom. The third-order valence-electron chi connectivity index (χ3n) is 21.0. The third-order valence-corrected chi connectivity index (χ3v) is 21.4. The number of likely N-dealkylation sites (N-methyl/N-ethyl adjacent to an activating group) is 1. The van der Waals surface area contributed by atoms with E-state index in [1.54, 1.807) is 54.5 Å². The number of aliphatic hydroxyl groups is 4. The van der Waals surface area contributed by atoms with Crippen molar-refractivity contribution in [1.82, 2.24) is 4.90 Å². The molecule has 1 aromatic carbocycles. The lowest BCUT2D eigenvalue weighted by atomic mass is 9.60. The minimum absolute atomic E-state index is 0.0760. The van der Waals surface area contributed by atoms with Crippen LogP contribution in [0.4, 0.5) is 0 Å². The SMILES string of the molecule is CC12CCC3C(=CCc4cc(O)ccc43)C1CCC2=O.CCC(=O)OC1C(OC2C(C)C(OC3CC(C)(OC)C(O)C(C)O3)C(C)C(=O)OC(CC)C(C)(O)C(O)C(C)C(=O)C(C)CC2(C)O)OC(C)CC1N(C)C.CCCCCCCCCCCCOS(=O)(=O)O. The highest BCUT2D eigenvalue weighted by molar-refractivity contribution is 7.80. The number of cyclic esters (lactones) is 1. The van der Waals surface area contributed by atoms with E-state index in [9.17, 15) is 53.1 Å². The zero-order chi connectivity index (χ0) is 68.8. The second kappa shape index (κ2) is 34.6. The van der Waals surface area contributed by atoms with Crippen LogP contribution in [0.3, 0.4) is 0 Å². The van der Waals surface area contributed by atoms with Crippen LogP contribution in [0, 0.1) is 35.0 Å². The summed E-state index contributed by atoms with van der Waals surface area (Å²) in [5.41, 5.74) is -0.887. The molecule has 0 spiro atoms. The Kier molecular flexibility index (Phi) is 29.8. The number of hydrogen-bond donors (Lipinski definition) is 6. The number of carbonyl (C=O) groups excluding carboxylic acids is 4. The van der Waals surface area contributed by atoms with E-state index < -0.39 is 124 Å². The van der Waals surface area contributed by atoms with E-state index >= 15 is 0 Å². The number of Topliss-reactive ketones (excluding diaryl/α,β-unsaturated/α-hetero) is 2. The molecule has 0 aromatic heterocycles. The molecule has 6 aliphatic rings. The van der Waals surface area contributed by atoms with Gasteiger partial charge in [0.05, 0.1) is 60.3 Å². The van der Waals surface area contributed by atoms with Gasteiger partial charge in [0.25, 0.3) is 0 Å². The maximum absolute atomic E-state index is 14.2. The molecule has 0 radical (unpaired) electrons. The number of aliphatic hydroxyl groups excluding tert-OH is 2. The highest BCUT2D eigenvalue weighted by Gasteiger charge is 2.55. The van der Waals surface area contributed by atoms with Gasteiger partial charge in [-0.25, -0.2) is 4.18 Å². The minimum Gasteiger partial charge on any atom is -0.508 e. The number of aromatic hydroxyl groups is 1. The van der Waals surface area contributed by atoms with E-state index in [-0.39, 0.29) is 49.9 Å². The number of rotatable bonds is 21. The van der Waals surface area contributed by atoms with Crippen LogP contribution < -0.4 is 0 Å². The normalized spacial score (nSPS) is 37.8. The van der Waals surface area contributed by atoms with E-state index in [4.69, 9.17) is 37.7 Å². The lowest BCUT2D eigenvalue weighted by Crippen LogP contribution is -2.61. The minimum atomic E-state index is -4.23. The Morgan fingerprint density at radius 3 is 2.02 bits per heavy atom. The molecule has 7 rings (SSSR count). The van der Waals surface area contributed by atoms with Gasteiger partial charge >= 0.3 is 22.3 Å². The Morgan fingerprint density at radius 1 is 0.804 bits per heavy atom. The average molecular weight is 1320 g/mol. The fourth-order valence-electron chi connectivity index (χ4n) is 15.2. The Bertz CT molecular complexity index is 2680.